The summed E-state index contributed by atoms with van der Waals surface area (Å²) in [6, 6.07) is 7.19. The van der Waals surface area contributed by atoms with Gasteiger partial charge in [0.15, 0.2) is 0 Å². The Morgan fingerprint density at radius 3 is 2.65 bits per heavy atom. The quantitative estimate of drug-likeness (QED) is 0.842. The maximum absolute atomic E-state index is 5.64. The number of anilines is 3. The number of nitrogens with one attached hydrogen (secondary N) is 1. The van der Waals surface area contributed by atoms with Gasteiger partial charge >= 0.3 is 0 Å². The number of rotatable bonds is 6. The van der Waals surface area contributed by atoms with Crippen LogP contribution in [0.4, 0.5) is 17.5 Å². The maximum Gasteiger partial charge on any atom is 0.229 e. The van der Waals surface area contributed by atoms with Crippen molar-refractivity contribution in [1.82, 2.24) is 9.97 Å². The fourth-order valence-electron chi connectivity index (χ4n) is 1.70. The second-order valence-electron chi connectivity index (χ2n) is 3.95. The Balaban J connectivity index is 2.29. The van der Waals surface area contributed by atoms with E-state index in [0.29, 0.717) is 30.7 Å². The molecule has 0 saturated heterocycles. The molecule has 1 aromatic heterocycles. The minimum absolute atomic E-state index is 0.404. The molecule has 2 rings (SSSR count). The third-order valence-electron chi connectivity index (χ3n) is 2.49. The third kappa shape index (κ3) is 3.50. The lowest BCUT2D eigenvalue weighted by atomic mass is 10.2. The van der Waals surface area contributed by atoms with Gasteiger partial charge < -0.3 is 20.5 Å². The first-order valence-electron chi connectivity index (χ1n) is 6.48. The van der Waals surface area contributed by atoms with E-state index < -0.39 is 0 Å². The molecule has 0 aliphatic carbocycles. The first kappa shape index (κ1) is 13.9. The Kier molecular flexibility index (Phi) is 4.60. The summed E-state index contributed by atoms with van der Waals surface area (Å²) in [6.07, 6.45) is 1.59. The number of nitrogens with two attached hydrogens (primary N) is 1. The molecule has 1 heterocycles. The summed E-state index contributed by atoms with van der Waals surface area (Å²) in [5.41, 5.74) is 6.38. The van der Waals surface area contributed by atoms with Crippen LogP contribution in [0.1, 0.15) is 13.8 Å². The van der Waals surface area contributed by atoms with E-state index in [2.05, 4.69) is 15.3 Å². The van der Waals surface area contributed by atoms with Crippen LogP contribution in [0.5, 0.6) is 11.5 Å². The van der Waals surface area contributed by atoms with E-state index >= 15 is 0 Å². The second kappa shape index (κ2) is 6.60. The van der Waals surface area contributed by atoms with E-state index in [-0.39, 0.29) is 0 Å². The number of ether oxygens (including phenoxy) is 2. The zero-order valence-electron chi connectivity index (χ0n) is 11.6. The average Bonchev–Trinajstić information content (AvgIpc) is 2.42. The van der Waals surface area contributed by atoms with Crippen LogP contribution in [0.3, 0.4) is 0 Å². The normalized spacial score (nSPS) is 10.1. The van der Waals surface area contributed by atoms with Crippen molar-refractivity contribution in [2.75, 3.05) is 24.3 Å². The number of hydrogen-bond acceptors (Lipinski definition) is 6. The van der Waals surface area contributed by atoms with Gasteiger partial charge in [0.1, 0.15) is 17.3 Å². The van der Waals surface area contributed by atoms with Crippen molar-refractivity contribution < 1.29 is 9.47 Å². The van der Waals surface area contributed by atoms with E-state index in [4.69, 9.17) is 15.2 Å². The lowest BCUT2D eigenvalue weighted by molar-refractivity contribution is 0.332. The van der Waals surface area contributed by atoms with Crippen molar-refractivity contribution in [2.45, 2.75) is 13.8 Å². The summed E-state index contributed by atoms with van der Waals surface area (Å²) < 4.78 is 11.0. The predicted molar refractivity (Wildman–Crippen MR) is 78.5 cm³/mol. The van der Waals surface area contributed by atoms with Gasteiger partial charge in [-0.1, -0.05) is 0 Å². The van der Waals surface area contributed by atoms with E-state index in [1.807, 2.05) is 32.0 Å². The lowest BCUT2D eigenvalue weighted by Gasteiger charge is -2.13. The highest BCUT2D eigenvalue weighted by molar-refractivity contribution is 5.65. The highest BCUT2D eigenvalue weighted by Gasteiger charge is 2.08. The molecule has 20 heavy (non-hydrogen) atoms. The predicted octanol–water partition coefficient (Wildman–Crippen LogP) is 2.60. The summed E-state index contributed by atoms with van der Waals surface area (Å²) >= 11 is 0. The zero-order chi connectivity index (χ0) is 14.4. The molecule has 106 valence electrons. The molecule has 0 atom stereocenters. The number of hydrogen-bond donors (Lipinski definition) is 2. The van der Waals surface area contributed by atoms with Crippen LogP contribution < -0.4 is 20.5 Å². The Morgan fingerprint density at radius 1 is 1.15 bits per heavy atom. The fraction of sp³-hybridized carbons (Fsp3) is 0.286. The first-order valence-corrected chi connectivity index (χ1v) is 6.48. The van der Waals surface area contributed by atoms with Crippen LogP contribution in [-0.2, 0) is 0 Å². The van der Waals surface area contributed by atoms with Crippen molar-refractivity contribution >= 4 is 17.5 Å². The first-order chi connectivity index (χ1) is 9.72. The monoisotopic (exact) mass is 274 g/mol. The topological polar surface area (TPSA) is 82.3 Å². The van der Waals surface area contributed by atoms with Gasteiger partial charge in [-0.05, 0) is 32.0 Å². The molecule has 6 heteroatoms. The number of nitrogens with zero attached hydrogens (tertiary/aromatic N) is 2. The van der Waals surface area contributed by atoms with Gasteiger partial charge in [0, 0.05) is 12.3 Å². The van der Waals surface area contributed by atoms with Gasteiger partial charge in [0.05, 0.1) is 18.9 Å². The lowest BCUT2D eigenvalue weighted by Crippen LogP contribution is -2.03. The molecule has 0 aliphatic heterocycles. The molecule has 6 nitrogen and oxygen atoms in total. The van der Waals surface area contributed by atoms with E-state index in [9.17, 15) is 0 Å². The van der Waals surface area contributed by atoms with Gasteiger partial charge in [-0.25, -0.2) is 4.98 Å². The van der Waals surface area contributed by atoms with Gasteiger partial charge in [-0.15, -0.1) is 0 Å². The molecule has 0 fully saturated rings. The standard InChI is InChI=1S/C14H18N4O2/c1-3-19-10-5-6-12(20-4-2)11(9-10)17-14-16-8-7-13(15)18-14/h5-9H,3-4H2,1-2H3,(H3,15,16,17,18). The molecule has 0 saturated carbocycles. The van der Waals surface area contributed by atoms with Crippen molar-refractivity contribution in [3.63, 3.8) is 0 Å². The Morgan fingerprint density at radius 2 is 1.95 bits per heavy atom. The Hall–Kier alpha value is -2.50. The van der Waals surface area contributed by atoms with Crippen molar-refractivity contribution in [1.29, 1.82) is 0 Å². The average molecular weight is 274 g/mol. The van der Waals surface area contributed by atoms with Crippen molar-refractivity contribution in [3.05, 3.63) is 30.5 Å². The molecular formula is C14H18N4O2. The van der Waals surface area contributed by atoms with Crippen LogP contribution in [-0.4, -0.2) is 23.2 Å². The molecule has 0 radical (unpaired) electrons. The van der Waals surface area contributed by atoms with Crippen LogP contribution >= 0.6 is 0 Å². The minimum atomic E-state index is 0.404. The zero-order valence-corrected chi connectivity index (χ0v) is 11.6. The molecule has 1 aromatic carbocycles. The van der Waals surface area contributed by atoms with Gasteiger partial charge in [-0.3, -0.25) is 0 Å². The van der Waals surface area contributed by atoms with Crippen LogP contribution in [0.2, 0.25) is 0 Å². The molecular weight excluding hydrogens is 256 g/mol. The Bertz CT molecular complexity index is 575. The highest BCUT2D eigenvalue weighted by atomic mass is 16.5. The summed E-state index contributed by atoms with van der Waals surface area (Å²) in [7, 11) is 0. The fourth-order valence-corrected chi connectivity index (χ4v) is 1.70. The van der Waals surface area contributed by atoms with E-state index in [0.717, 1.165) is 11.4 Å². The smallest absolute Gasteiger partial charge is 0.229 e. The third-order valence-corrected chi connectivity index (χ3v) is 2.49. The van der Waals surface area contributed by atoms with E-state index in [1.165, 1.54) is 0 Å². The summed E-state index contributed by atoms with van der Waals surface area (Å²) in [5.74, 6) is 2.28. The molecule has 0 bridgehead atoms. The number of nitrogen functional groups attached to an aromatic ring is 1. The second-order valence-corrected chi connectivity index (χ2v) is 3.95. The van der Waals surface area contributed by atoms with Crippen LogP contribution in [0.15, 0.2) is 30.5 Å². The molecule has 0 aliphatic rings. The maximum atomic E-state index is 5.64. The van der Waals surface area contributed by atoms with Gasteiger partial charge in [-0.2, -0.15) is 4.98 Å². The van der Waals surface area contributed by atoms with Crippen LogP contribution in [0, 0.1) is 0 Å². The molecule has 0 unspecified atom stereocenters. The Labute approximate surface area is 118 Å². The highest BCUT2D eigenvalue weighted by Crippen LogP contribution is 2.31. The molecule has 0 amide bonds. The largest absolute Gasteiger partial charge is 0.494 e. The number of benzene rings is 1. The van der Waals surface area contributed by atoms with Crippen LogP contribution in [0.25, 0.3) is 0 Å². The summed E-state index contributed by atoms with van der Waals surface area (Å²) in [6.45, 7) is 5.03. The summed E-state index contributed by atoms with van der Waals surface area (Å²) in [4.78, 5) is 8.22. The minimum Gasteiger partial charge on any atom is -0.494 e. The van der Waals surface area contributed by atoms with Crippen molar-refractivity contribution in [2.24, 2.45) is 0 Å². The van der Waals surface area contributed by atoms with Crippen molar-refractivity contribution in [3.8, 4) is 11.5 Å². The summed E-state index contributed by atoms with van der Waals surface area (Å²) in [5, 5.41) is 3.09. The van der Waals surface area contributed by atoms with E-state index in [1.54, 1.807) is 12.3 Å². The molecule has 2 aromatic rings. The molecule has 0 spiro atoms. The van der Waals surface area contributed by atoms with Gasteiger partial charge in [0.25, 0.3) is 0 Å². The van der Waals surface area contributed by atoms with Gasteiger partial charge in [0.2, 0.25) is 5.95 Å². The number of aromatic nitrogens is 2. The SMILES string of the molecule is CCOc1ccc(OCC)c(Nc2nccc(N)n2)c1. The molecule has 3 N–H and O–H groups in total.